The summed E-state index contributed by atoms with van der Waals surface area (Å²) in [6.07, 6.45) is 3.89. The first-order valence-corrected chi connectivity index (χ1v) is 8.92. The van der Waals surface area contributed by atoms with Crippen LogP contribution in [-0.2, 0) is 9.53 Å². The number of methoxy groups -OCH3 is 1. The van der Waals surface area contributed by atoms with E-state index >= 15 is 0 Å². The Morgan fingerprint density at radius 3 is 2.42 bits per heavy atom. The average Bonchev–Trinajstić information content (AvgIpc) is 2.50. The molecule has 1 fully saturated rings. The predicted molar refractivity (Wildman–Crippen MR) is 97.7 cm³/mol. The van der Waals surface area contributed by atoms with Crippen LogP contribution in [0.4, 0.5) is 5.69 Å². The highest BCUT2D eigenvalue weighted by atomic mass is 16.5. The number of benzene rings is 1. The van der Waals surface area contributed by atoms with Crippen LogP contribution in [0, 0.1) is 19.8 Å². The Hall–Kier alpha value is -1.55. The molecule has 0 spiro atoms. The lowest BCUT2D eigenvalue weighted by atomic mass is 9.78. The van der Waals surface area contributed by atoms with E-state index in [1.807, 2.05) is 39.8 Å². The van der Waals surface area contributed by atoms with Crippen LogP contribution < -0.4 is 10.1 Å². The van der Waals surface area contributed by atoms with Gasteiger partial charge in [0, 0.05) is 12.8 Å². The number of nitrogens with one attached hydrogen (secondary N) is 1. The highest BCUT2D eigenvalue weighted by molar-refractivity contribution is 5.97. The fraction of sp³-hybridized carbons (Fsp3) is 0.650. The van der Waals surface area contributed by atoms with Crippen molar-refractivity contribution in [3.05, 3.63) is 23.3 Å². The molecule has 4 nitrogen and oxygen atoms in total. The molecular formula is C20H31NO3. The second-order valence-corrected chi connectivity index (χ2v) is 7.46. The molecule has 134 valence electrons. The first-order chi connectivity index (χ1) is 11.3. The molecule has 1 aromatic carbocycles. The lowest BCUT2D eigenvalue weighted by Gasteiger charge is -2.37. The van der Waals surface area contributed by atoms with Gasteiger partial charge < -0.3 is 14.8 Å². The lowest BCUT2D eigenvalue weighted by molar-refractivity contribution is -0.143. The molecule has 0 radical (unpaired) electrons. The van der Waals surface area contributed by atoms with Crippen LogP contribution in [-0.4, -0.2) is 24.7 Å². The van der Waals surface area contributed by atoms with Gasteiger partial charge in [0.2, 0.25) is 0 Å². The van der Waals surface area contributed by atoms with Gasteiger partial charge in [-0.15, -0.1) is 0 Å². The number of hydrogen-bond acceptors (Lipinski definition) is 3. The second kappa shape index (κ2) is 7.56. The highest BCUT2D eigenvalue weighted by Crippen LogP contribution is 2.36. The SMILES string of the molecule is COC1(C(=O)Nc2cc(C)c(OC(C)C)c(C)c2)CCCC(C)C1. The molecule has 1 amide bonds. The van der Waals surface area contributed by atoms with Crippen molar-refractivity contribution in [2.45, 2.75) is 72.0 Å². The summed E-state index contributed by atoms with van der Waals surface area (Å²) in [7, 11) is 1.65. The third-order valence-electron chi connectivity index (χ3n) is 4.83. The highest BCUT2D eigenvalue weighted by Gasteiger charge is 2.42. The van der Waals surface area contributed by atoms with Gasteiger partial charge in [-0.1, -0.05) is 13.3 Å². The van der Waals surface area contributed by atoms with Crippen LogP contribution in [0.25, 0.3) is 0 Å². The molecule has 0 heterocycles. The summed E-state index contributed by atoms with van der Waals surface area (Å²) < 4.78 is 11.6. The average molecular weight is 333 g/mol. The van der Waals surface area contributed by atoms with Gasteiger partial charge in [0.15, 0.2) is 0 Å². The van der Waals surface area contributed by atoms with E-state index in [0.717, 1.165) is 48.2 Å². The molecule has 1 aromatic rings. The molecule has 4 heteroatoms. The maximum absolute atomic E-state index is 12.9. The molecule has 0 saturated heterocycles. The zero-order valence-electron chi connectivity index (χ0n) is 15.9. The van der Waals surface area contributed by atoms with Crippen LogP contribution in [0.1, 0.15) is 57.6 Å². The van der Waals surface area contributed by atoms with E-state index in [2.05, 4.69) is 12.2 Å². The molecule has 0 aromatic heterocycles. The first-order valence-electron chi connectivity index (χ1n) is 8.92. The minimum Gasteiger partial charge on any atom is -0.490 e. The maximum atomic E-state index is 12.9. The van der Waals surface area contributed by atoms with E-state index in [-0.39, 0.29) is 12.0 Å². The molecule has 1 N–H and O–H groups in total. The number of rotatable bonds is 5. The Morgan fingerprint density at radius 2 is 1.92 bits per heavy atom. The number of carbonyl (C=O) groups is 1. The summed E-state index contributed by atoms with van der Waals surface area (Å²) in [6, 6.07) is 3.94. The monoisotopic (exact) mass is 333 g/mol. The standard InChI is InChI=1S/C20H31NO3/c1-13(2)24-18-15(4)10-17(11-16(18)5)21-19(22)20(23-6)9-7-8-14(3)12-20/h10-11,13-14H,7-9,12H2,1-6H3,(H,21,22). The number of carbonyl (C=O) groups excluding carboxylic acids is 1. The Morgan fingerprint density at radius 1 is 1.29 bits per heavy atom. The first kappa shape index (κ1) is 18.8. The minimum atomic E-state index is -0.702. The lowest BCUT2D eigenvalue weighted by Crippen LogP contribution is -2.47. The van der Waals surface area contributed by atoms with Gasteiger partial charge in [-0.3, -0.25) is 4.79 Å². The van der Waals surface area contributed by atoms with E-state index < -0.39 is 5.60 Å². The fourth-order valence-corrected chi connectivity index (χ4v) is 3.68. The van der Waals surface area contributed by atoms with Crippen molar-refractivity contribution in [3.8, 4) is 5.75 Å². The molecule has 0 bridgehead atoms. The predicted octanol–water partition coefficient (Wildman–Crippen LogP) is 4.62. The number of ether oxygens (including phenoxy) is 2. The van der Waals surface area contributed by atoms with Gasteiger partial charge in [0.05, 0.1) is 6.10 Å². The van der Waals surface area contributed by atoms with Crippen molar-refractivity contribution in [2.24, 2.45) is 5.92 Å². The van der Waals surface area contributed by atoms with Crippen molar-refractivity contribution in [1.29, 1.82) is 0 Å². The van der Waals surface area contributed by atoms with Crippen LogP contribution in [0.2, 0.25) is 0 Å². The molecule has 1 aliphatic carbocycles. The molecule has 1 saturated carbocycles. The number of hydrogen-bond donors (Lipinski definition) is 1. The van der Waals surface area contributed by atoms with E-state index in [4.69, 9.17) is 9.47 Å². The topological polar surface area (TPSA) is 47.6 Å². The molecule has 24 heavy (non-hydrogen) atoms. The van der Waals surface area contributed by atoms with Gasteiger partial charge in [-0.25, -0.2) is 0 Å². The summed E-state index contributed by atoms with van der Waals surface area (Å²) in [4.78, 5) is 12.9. The summed E-state index contributed by atoms with van der Waals surface area (Å²) in [6.45, 7) is 10.2. The molecular weight excluding hydrogens is 302 g/mol. The zero-order chi connectivity index (χ0) is 17.9. The number of anilines is 1. The maximum Gasteiger partial charge on any atom is 0.256 e. The van der Waals surface area contributed by atoms with Crippen LogP contribution in [0.15, 0.2) is 12.1 Å². The summed E-state index contributed by atoms with van der Waals surface area (Å²) in [5, 5.41) is 3.07. The largest absolute Gasteiger partial charge is 0.490 e. The molecule has 0 aliphatic heterocycles. The van der Waals surface area contributed by atoms with E-state index in [0.29, 0.717) is 5.92 Å². The summed E-state index contributed by atoms with van der Waals surface area (Å²) in [5.41, 5.74) is 2.16. The Balaban J connectivity index is 2.19. The molecule has 1 aliphatic rings. The Bertz CT molecular complexity index is 574. The van der Waals surface area contributed by atoms with Crippen LogP contribution >= 0.6 is 0 Å². The third kappa shape index (κ3) is 4.10. The van der Waals surface area contributed by atoms with Crippen molar-refractivity contribution >= 4 is 11.6 Å². The van der Waals surface area contributed by atoms with E-state index in [1.54, 1.807) is 7.11 Å². The molecule has 2 unspecified atom stereocenters. The Kier molecular flexibility index (Phi) is 5.92. The van der Waals surface area contributed by atoms with Crippen molar-refractivity contribution in [2.75, 3.05) is 12.4 Å². The van der Waals surface area contributed by atoms with Gasteiger partial charge in [0.25, 0.3) is 5.91 Å². The van der Waals surface area contributed by atoms with Crippen LogP contribution in [0.3, 0.4) is 0 Å². The van der Waals surface area contributed by atoms with Gasteiger partial charge >= 0.3 is 0 Å². The van der Waals surface area contributed by atoms with Gasteiger partial charge in [-0.05, 0) is 76.1 Å². The van der Waals surface area contributed by atoms with Crippen molar-refractivity contribution in [1.82, 2.24) is 0 Å². The second-order valence-electron chi connectivity index (χ2n) is 7.46. The van der Waals surface area contributed by atoms with E-state index in [9.17, 15) is 4.79 Å². The van der Waals surface area contributed by atoms with Gasteiger partial charge in [-0.2, -0.15) is 0 Å². The third-order valence-corrected chi connectivity index (χ3v) is 4.83. The number of amides is 1. The molecule has 2 atom stereocenters. The zero-order valence-corrected chi connectivity index (χ0v) is 15.9. The van der Waals surface area contributed by atoms with Gasteiger partial charge in [0.1, 0.15) is 11.4 Å². The summed E-state index contributed by atoms with van der Waals surface area (Å²) >= 11 is 0. The normalized spacial score (nSPS) is 24.0. The smallest absolute Gasteiger partial charge is 0.256 e. The van der Waals surface area contributed by atoms with E-state index in [1.165, 1.54) is 0 Å². The number of aryl methyl sites for hydroxylation is 2. The minimum absolute atomic E-state index is 0.0344. The Labute approximate surface area is 145 Å². The fourth-order valence-electron chi connectivity index (χ4n) is 3.68. The quantitative estimate of drug-likeness (QED) is 0.855. The summed E-state index contributed by atoms with van der Waals surface area (Å²) in [5.74, 6) is 1.37. The van der Waals surface area contributed by atoms with Crippen molar-refractivity contribution < 1.29 is 14.3 Å². The van der Waals surface area contributed by atoms with Crippen LogP contribution in [0.5, 0.6) is 5.75 Å². The molecule has 2 rings (SSSR count). The van der Waals surface area contributed by atoms with Crippen molar-refractivity contribution in [3.63, 3.8) is 0 Å².